The molecule has 0 saturated carbocycles. The van der Waals surface area contributed by atoms with Gasteiger partial charge in [0, 0.05) is 22.0 Å². The summed E-state index contributed by atoms with van der Waals surface area (Å²) in [4.78, 5) is 11.1. The standard InChI is InChI=1S/C25H23N3O2/c1-25(2,3)18-7-6-8-19(15-18)26-23-21-10-5-4-9-20(21)22(27-28-23)16-11-13-17(14-12-16)24(29)30/h4-15H,1-3H3,(H,26,28)(H,29,30). The van der Waals surface area contributed by atoms with E-state index in [4.69, 9.17) is 5.11 Å². The summed E-state index contributed by atoms with van der Waals surface area (Å²) < 4.78 is 0. The van der Waals surface area contributed by atoms with E-state index in [0.29, 0.717) is 5.82 Å². The van der Waals surface area contributed by atoms with Crippen molar-refractivity contribution < 1.29 is 9.90 Å². The molecule has 2 N–H and O–H groups in total. The predicted molar refractivity (Wildman–Crippen MR) is 120 cm³/mol. The quantitative estimate of drug-likeness (QED) is 0.439. The van der Waals surface area contributed by atoms with Gasteiger partial charge >= 0.3 is 5.97 Å². The maximum absolute atomic E-state index is 11.1. The molecule has 0 spiro atoms. The third-order valence-corrected chi connectivity index (χ3v) is 5.08. The van der Waals surface area contributed by atoms with Gasteiger partial charge in [-0.15, -0.1) is 10.2 Å². The molecule has 0 atom stereocenters. The molecule has 0 saturated heterocycles. The van der Waals surface area contributed by atoms with Gasteiger partial charge in [0.05, 0.1) is 5.56 Å². The van der Waals surface area contributed by atoms with Crippen molar-refractivity contribution in [1.29, 1.82) is 0 Å². The highest BCUT2D eigenvalue weighted by molar-refractivity contribution is 6.01. The Balaban J connectivity index is 1.75. The van der Waals surface area contributed by atoms with Gasteiger partial charge in [0.25, 0.3) is 0 Å². The zero-order valence-corrected chi connectivity index (χ0v) is 17.2. The monoisotopic (exact) mass is 397 g/mol. The molecule has 0 amide bonds. The second kappa shape index (κ2) is 7.59. The summed E-state index contributed by atoms with van der Waals surface area (Å²) in [5.74, 6) is -0.267. The summed E-state index contributed by atoms with van der Waals surface area (Å²) in [6.45, 7) is 6.56. The number of carbonyl (C=O) groups is 1. The van der Waals surface area contributed by atoms with Crippen LogP contribution in [0.4, 0.5) is 11.5 Å². The molecule has 0 radical (unpaired) electrons. The topological polar surface area (TPSA) is 75.1 Å². The number of nitrogens with one attached hydrogen (secondary N) is 1. The lowest BCUT2D eigenvalue weighted by Gasteiger charge is -2.20. The molecule has 30 heavy (non-hydrogen) atoms. The van der Waals surface area contributed by atoms with Crippen LogP contribution in [-0.4, -0.2) is 21.3 Å². The van der Waals surface area contributed by atoms with E-state index in [2.05, 4.69) is 48.4 Å². The van der Waals surface area contributed by atoms with E-state index in [1.165, 1.54) is 5.56 Å². The Hall–Kier alpha value is -3.73. The molecule has 5 heteroatoms. The van der Waals surface area contributed by atoms with Crippen LogP contribution in [0, 0.1) is 0 Å². The normalized spacial score (nSPS) is 11.4. The molecule has 1 aromatic heterocycles. The van der Waals surface area contributed by atoms with Crippen LogP contribution in [-0.2, 0) is 5.41 Å². The third kappa shape index (κ3) is 3.87. The number of fused-ring (bicyclic) bond motifs is 1. The lowest BCUT2D eigenvalue weighted by Crippen LogP contribution is -2.11. The van der Waals surface area contributed by atoms with Gasteiger partial charge in [0.15, 0.2) is 5.82 Å². The fourth-order valence-electron chi connectivity index (χ4n) is 3.38. The van der Waals surface area contributed by atoms with Gasteiger partial charge in [-0.1, -0.05) is 69.3 Å². The minimum Gasteiger partial charge on any atom is -0.478 e. The number of carboxylic acids is 1. The smallest absolute Gasteiger partial charge is 0.335 e. The van der Waals surface area contributed by atoms with E-state index >= 15 is 0 Å². The first-order chi connectivity index (χ1) is 14.3. The summed E-state index contributed by atoms with van der Waals surface area (Å²) in [5.41, 5.74) is 4.03. The van der Waals surface area contributed by atoms with E-state index in [0.717, 1.165) is 27.7 Å². The summed E-state index contributed by atoms with van der Waals surface area (Å²) in [6.07, 6.45) is 0. The SMILES string of the molecule is CC(C)(C)c1cccc(Nc2nnc(-c3ccc(C(=O)O)cc3)c3ccccc23)c1. The van der Waals surface area contributed by atoms with E-state index in [-0.39, 0.29) is 11.0 Å². The van der Waals surface area contributed by atoms with Gasteiger partial charge in [-0.2, -0.15) is 0 Å². The molecule has 0 fully saturated rings. The number of hydrogen-bond donors (Lipinski definition) is 2. The van der Waals surface area contributed by atoms with Crippen molar-refractivity contribution in [3.8, 4) is 11.3 Å². The van der Waals surface area contributed by atoms with Crippen molar-refractivity contribution in [2.45, 2.75) is 26.2 Å². The number of rotatable bonds is 4. The van der Waals surface area contributed by atoms with Gasteiger partial charge in [-0.3, -0.25) is 0 Å². The molecule has 1 heterocycles. The fourth-order valence-corrected chi connectivity index (χ4v) is 3.38. The van der Waals surface area contributed by atoms with Crippen LogP contribution in [0.5, 0.6) is 0 Å². The first-order valence-corrected chi connectivity index (χ1v) is 9.80. The van der Waals surface area contributed by atoms with Gasteiger partial charge in [-0.05, 0) is 35.2 Å². The Morgan fingerprint density at radius 2 is 1.57 bits per heavy atom. The van der Waals surface area contributed by atoms with Crippen molar-refractivity contribution in [1.82, 2.24) is 10.2 Å². The van der Waals surface area contributed by atoms with Crippen molar-refractivity contribution >= 4 is 28.2 Å². The predicted octanol–water partition coefficient (Wildman–Crippen LogP) is 6.04. The summed E-state index contributed by atoms with van der Waals surface area (Å²) in [6, 6.07) is 22.9. The van der Waals surface area contributed by atoms with E-state index in [9.17, 15) is 4.79 Å². The number of hydrogen-bond acceptors (Lipinski definition) is 4. The summed E-state index contributed by atoms with van der Waals surface area (Å²) >= 11 is 0. The van der Waals surface area contributed by atoms with Crippen LogP contribution in [0.15, 0.2) is 72.8 Å². The van der Waals surface area contributed by atoms with E-state index in [1.807, 2.05) is 36.4 Å². The summed E-state index contributed by atoms with van der Waals surface area (Å²) in [7, 11) is 0. The summed E-state index contributed by atoms with van der Waals surface area (Å²) in [5, 5.41) is 23.3. The minimum atomic E-state index is -0.950. The largest absolute Gasteiger partial charge is 0.478 e. The average Bonchev–Trinajstić information content (AvgIpc) is 2.74. The Morgan fingerprint density at radius 1 is 0.867 bits per heavy atom. The van der Waals surface area contributed by atoms with Gasteiger partial charge in [-0.25, -0.2) is 4.79 Å². The molecular weight excluding hydrogens is 374 g/mol. The van der Waals surface area contributed by atoms with Crippen LogP contribution in [0.25, 0.3) is 22.0 Å². The number of aromatic nitrogens is 2. The Kier molecular flexibility index (Phi) is 4.96. The van der Waals surface area contributed by atoms with Gasteiger partial charge in [0.1, 0.15) is 5.69 Å². The van der Waals surface area contributed by atoms with E-state index in [1.54, 1.807) is 24.3 Å². The minimum absolute atomic E-state index is 0.0530. The lowest BCUT2D eigenvalue weighted by atomic mass is 9.87. The van der Waals surface area contributed by atoms with Crippen molar-refractivity contribution in [2.75, 3.05) is 5.32 Å². The average molecular weight is 397 g/mol. The Morgan fingerprint density at radius 3 is 2.23 bits per heavy atom. The van der Waals surface area contributed by atoms with Crippen LogP contribution in [0.2, 0.25) is 0 Å². The van der Waals surface area contributed by atoms with Crippen LogP contribution in [0.1, 0.15) is 36.7 Å². The number of anilines is 2. The zero-order chi connectivity index (χ0) is 21.3. The number of nitrogens with zero attached hydrogens (tertiary/aromatic N) is 2. The molecule has 3 aromatic carbocycles. The van der Waals surface area contributed by atoms with Crippen molar-refractivity contribution in [2.24, 2.45) is 0 Å². The lowest BCUT2D eigenvalue weighted by molar-refractivity contribution is 0.0697. The molecule has 150 valence electrons. The van der Waals surface area contributed by atoms with Crippen LogP contribution < -0.4 is 5.32 Å². The fraction of sp³-hybridized carbons (Fsp3) is 0.160. The molecular formula is C25H23N3O2. The molecule has 5 nitrogen and oxygen atoms in total. The third-order valence-electron chi connectivity index (χ3n) is 5.08. The molecule has 4 aromatic rings. The molecule has 0 aliphatic heterocycles. The first kappa shape index (κ1) is 19.6. The van der Waals surface area contributed by atoms with E-state index < -0.39 is 5.97 Å². The van der Waals surface area contributed by atoms with Crippen molar-refractivity contribution in [3.05, 3.63) is 83.9 Å². The second-order valence-corrected chi connectivity index (χ2v) is 8.28. The maximum Gasteiger partial charge on any atom is 0.335 e. The molecule has 0 aliphatic carbocycles. The highest BCUT2D eigenvalue weighted by atomic mass is 16.4. The molecule has 0 unspecified atom stereocenters. The van der Waals surface area contributed by atoms with Gasteiger partial charge in [0.2, 0.25) is 0 Å². The highest BCUT2D eigenvalue weighted by Crippen LogP contribution is 2.32. The number of benzene rings is 3. The van der Waals surface area contributed by atoms with Gasteiger partial charge < -0.3 is 10.4 Å². The molecule has 0 aliphatic rings. The van der Waals surface area contributed by atoms with Crippen LogP contribution in [0.3, 0.4) is 0 Å². The first-order valence-electron chi connectivity index (χ1n) is 9.80. The molecule has 0 bridgehead atoms. The maximum atomic E-state index is 11.1. The second-order valence-electron chi connectivity index (χ2n) is 8.28. The Bertz CT molecular complexity index is 1230. The highest BCUT2D eigenvalue weighted by Gasteiger charge is 2.15. The molecule has 4 rings (SSSR count). The van der Waals surface area contributed by atoms with Crippen LogP contribution >= 0.6 is 0 Å². The number of carboxylic acid groups (broad SMARTS) is 1. The zero-order valence-electron chi connectivity index (χ0n) is 17.2. The Labute approximate surface area is 175 Å². The van der Waals surface area contributed by atoms with Crippen molar-refractivity contribution in [3.63, 3.8) is 0 Å². The number of aromatic carboxylic acids is 1.